The van der Waals surface area contributed by atoms with Gasteiger partial charge in [0.05, 0.1) is 0 Å². The van der Waals surface area contributed by atoms with E-state index in [9.17, 15) is 10.5 Å². The first-order valence-electron chi connectivity index (χ1n) is 13.4. The summed E-state index contributed by atoms with van der Waals surface area (Å²) >= 11 is 4.50. The van der Waals surface area contributed by atoms with Crippen molar-refractivity contribution in [2.24, 2.45) is 0 Å². The maximum atomic E-state index is 9.97. The molecule has 0 spiro atoms. The van der Waals surface area contributed by atoms with Crippen molar-refractivity contribution in [1.82, 2.24) is 9.97 Å². The summed E-state index contributed by atoms with van der Waals surface area (Å²) in [5.41, 5.74) is 3.37. The van der Waals surface area contributed by atoms with Gasteiger partial charge in [0.25, 0.3) is 0 Å². The molecule has 4 nitrogen and oxygen atoms in total. The molecule has 0 amide bonds. The van der Waals surface area contributed by atoms with E-state index >= 15 is 0 Å². The zero-order valence-electron chi connectivity index (χ0n) is 23.3. The molecular weight excluding hydrogens is 587 g/mol. The topological polar surface area (TPSA) is 73.4 Å². The van der Waals surface area contributed by atoms with Crippen molar-refractivity contribution in [3.63, 3.8) is 0 Å². The maximum absolute atomic E-state index is 9.97. The van der Waals surface area contributed by atoms with Crippen molar-refractivity contribution in [1.29, 1.82) is 10.5 Å². The summed E-state index contributed by atoms with van der Waals surface area (Å²) in [5, 5.41) is 19.8. The third-order valence-corrected chi connectivity index (χ3v) is 17.0. The number of hydrogen-bond donors (Lipinski definition) is 0. The van der Waals surface area contributed by atoms with Gasteiger partial charge in [-0.15, -0.1) is 0 Å². The summed E-state index contributed by atoms with van der Waals surface area (Å²) in [5.74, 6) is 0. The fourth-order valence-electron chi connectivity index (χ4n) is 5.31. The van der Waals surface area contributed by atoms with Crippen LogP contribution in [0, 0.1) is 22.7 Å². The van der Waals surface area contributed by atoms with Gasteiger partial charge in [-0.25, -0.2) is 0 Å². The van der Waals surface area contributed by atoms with Gasteiger partial charge in [-0.05, 0) is 0 Å². The number of hydrogen-bond acceptors (Lipinski definition) is 4. The molecule has 0 radical (unpaired) electrons. The van der Waals surface area contributed by atoms with E-state index in [0.29, 0.717) is 17.5 Å². The minimum absolute atomic E-state index is 0.00891. The molecule has 0 fully saturated rings. The van der Waals surface area contributed by atoms with Crippen LogP contribution >= 0.6 is 20.8 Å². The van der Waals surface area contributed by atoms with Gasteiger partial charge < -0.3 is 0 Å². The summed E-state index contributed by atoms with van der Waals surface area (Å²) in [7, 11) is 0. The summed E-state index contributed by atoms with van der Waals surface area (Å²) in [6.45, 7) is 6.53. The Morgan fingerprint density at radius 3 is 1.44 bits per heavy atom. The second kappa shape index (κ2) is 11.0. The predicted molar refractivity (Wildman–Crippen MR) is 173 cm³/mol. The van der Waals surface area contributed by atoms with Crippen LogP contribution in [-0.2, 0) is 11.6 Å². The van der Waals surface area contributed by atoms with Crippen molar-refractivity contribution in [2.75, 3.05) is 0 Å². The number of rotatable bonds is 6. The van der Waals surface area contributed by atoms with Crippen molar-refractivity contribution in [3.05, 3.63) is 138 Å². The minimum atomic E-state index is -3.44. The number of nitrogens with zero attached hydrogens (tertiary/aromatic N) is 4. The van der Waals surface area contributed by atoms with Crippen LogP contribution in [0.4, 0.5) is 0 Å². The third kappa shape index (κ3) is 5.09. The number of aromatic nitrogens is 2. The quantitative estimate of drug-likeness (QED) is 0.185. The molecule has 0 saturated carbocycles. The van der Waals surface area contributed by atoms with E-state index in [2.05, 4.69) is 133 Å². The van der Waals surface area contributed by atoms with Gasteiger partial charge in [-0.1, -0.05) is 0 Å². The van der Waals surface area contributed by atoms with Crippen LogP contribution in [0.2, 0.25) is 0 Å². The molecule has 5 aromatic rings. The molecule has 0 aliphatic rings. The molecule has 4 aromatic carbocycles. The summed E-state index contributed by atoms with van der Waals surface area (Å²) in [6.07, 6.45) is 0.452. The van der Waals surface area contributed by atoms with Gasteiger partial charge >= 0.3 is 251 Å². The van der Waals surface area contributed by atoms with Gasteiger partial charge in [-0.2, -0.15) is 0 Å². The van der Waals surface area contributed by atoms with Crippen LogP contribution in [0.3, 0.4) is 0 Å². The van der Waals surface area contributed by atoms with E-state index in [1.165, 1.54) is 5.56 Å². The number of benzene rings is 4. The Bertz CT molecular complexity index is 1670. The van der Waals surface area contributed by atoms with E-state index in [1.54, 1.807) is 0 Å². The van der Waals surface area contributed by atoms with E-state index in [1.807, 2.05) is 30.3 Å². The molecule has 0 atom stereocenters. The van der Waals surface area contributed by atoms with Crippen molar-refractivity contribution in [3.8, 4) is 23.4 Å². The monoisotopic (exact) mass is 616 g/mol. The Morgan fingerprint density at radius 1 is 0.634 bits per heavy atom. The van der Waals surface area contributed by atoms with Crippen molar-refractivity contribution < 1.29 is 0 Å². The molecule has 202 valence electrons. The zero-order valence-corrected chi connectivity index (χ0v) is 25.8. The molecule has 0 N–H and O–H groups in total. The van der Waals surface area contributed by atoms with Crippen molar-refractivity contribution >= 4 is 36.7 Å². The molecule has 0 bridgehead atoms. The van der Waals surface area contributed by atoms with Crippen LogP contribution in [0.25, 0.3) is 11.3 Å². The molecule has 6 heteroatoms. The normalized spacial score (nSPS) is 12.5. The Kier molecular flexibility index (Phi) is 7.63. The summed E-state index contributed by atoms with van der Waals surface area (Å²) in [4.78, 5) is 9.65. The average molecular weight is 618 g/mol. The third-order valence-electron chi connectivity index (χ3n) is 7.53. The Labute approximate surface area is 250 Å². The first kappa shape index (κ1) is 28.4. The molecule has 0 aliphatic heterocycles. The zero-order chi connectivity index (χ0) is 29.1. The fourth-order valence-corrected chi connectivity index (χ4v) is 12.8. The number of halogens is 1. The van der Waals surface area contributed by atoms with Gasteiger partial charge in [0.15, 0.2) is 0 Å². The van der Waals surface area contributed by atoms with Crippen molar-refractivity contribution in [2.45, 2.75) is 32.3 Å². The second-order valence-electron chi connectivity index (χ2n) is 11.1. The first-order valence-corrected chi connectivity index (χ1v) is 17.8. The summed E-state index contributed by atoms with van der Waals surface area (Å²) in [6, 6.07) is 43.8. The van der Waals surface area contributed by atoms with Crippen LogP contribution < -0.4 is 15.9 Å². The number of nitriles is 2. The first-order chi connectivity index (χ1) is 19.7. The summed E-state index contributed by atoms with van der Waals surface area (Å²) < 4.78 is 0. The predicted octanol–water partition coefficient (Wildman–Crippen LogP) is 7.52. The molecule has 1 heterocycles. The van der Waals surface area contributed by atoms with E-state index in [-0.39, 0.29) is 16.8 Å². The van der Waals surface area contributed by atoms with Gasteiger partial charge in [-0.3, -0.25) is 0 Å². The Morgan fingerprint density at radius 2 is 1.05 bits per heavy atom. The van der Waals surface area contributed by atoms with Gasteiger partial charge in [0.1, 0.15) is 0 Å². The fraction of sp³-hybridized carbons (Fsp3) is 0.143. The molecular formula is C35H30BrN4P. The molecule has 41 heavy (non-hydrogen) atoms. The molecule has 0 aliphatic carbocycles. The standard InChI is InChI=1S/C35H30BrN4P/c1-35(2,3)27-21-19-26(20-22-27)34-33(39-31(23-37)32(24-38)40-34)25-41(36,28-13-7-4-8-14-28,29-15-9-5-10-16-29)30-17-11-6-12-18-30/h4-22H,25H2,1-3H3. The molecule has 5 rings (SSSR count). The van der Waals surface area contributed by atoms with Crippen LogP contribution in [0.15, 0.2) is 115 Å². The Hall–Kier alpha value is -4.15. The second-order valence-corrected chi connectivity index (χ2v) is 20.0. The SMILES string of the molecule is CC(C)(C)c1ccc(-c2nc(C#N)c(C#N)nc2CP(Br)(c2ccccc2)(c2ccccc2)c2ccccc2)cc1. The molecule has 1 aromatic heterocycles. The Balaban J connectivity index is 1.86. The molecule has 0 saturated heterocycles. The van der Waals surface area contributed by atoms with E-state index < -0.39 is 5.31 Å². The van der Waals surface area contributed by atoms with Crippen LogP contribution in [-0.4, -0.2) is 9.97 Å². The van der Waals surface area contributed by atoms with Gasteiger partial charge in [0.2, 0.25) is 0 Å². The van der Waals surface area contributed by atoms with Crippen LogP contribution in [0.5, 0.6) is 0 Å². The van der Waals surface area contributed by atoms with E-state index in [4.69, 9.17) is 9.97 Å². The van der Waals surface area contributed by atoms with Crippen LogP contribution in [0.1, 0.15) is 43.4 Å². The van der Waals surface area contributed by atoms with Gasteiger partial charge in [0, 0.05) is 0 Å². The van der Waals surface area contributed by atoms with E-state index in [0.717, 1.165) is 21.5 Å². The molecule has 0 unspecified atom stereocenters. The average Bonchev–Trinajstić information content (AvgIpc) is 3.02.